The minimum atomic E-state index is -0.324. The molecule has 0 heterocycles. The maximum absolute atomic E-state index is 13.2. The second kappa shape index (κ2) is 5.02. The van der Waals surface area contributed by atoms with E-state index in [1.165, 1.54) is 18.6 Å². The van der Waals surface area contributed by atoms with Crippen LogP contribution >= 0.6 is 12.4 Å². The van der Waals surface area contributed by atoms with Gasteiger partial charge in [0.25, 0.3) is 0 Å². The molecule has 2 rings (SSSR count). The molecule has 0 aromatic heterocycles. The predicted octanol–water partition coefficient (Wildman–Crippen LogP) is 3.06. The van der Waals surface area contributed by atoms with Gasteiger partial charge in [-0.15, -0.1) is 12.4 Å². The molecule has 1 saturated carbocycles. The highest BCUT2D eigenvalue weighted by molar-refractivity contribution is 5.85. The number of halogens is 2. The first-order valence-electron chi connectivity index (χ1n) is 5.34. The van der Waals surface area contributed by atoms with Gasteiger partial charge in [0.1, 0.15) is 11.6 Å². The molecule has 1 aliphatic rings. The van der Waals surface area contributed by atoms with Crippen LogP contribution in [-0.2, 0) is 0 Å². The number of phenolic OH excluding ortho intramolecular Hbond substituents is 1. The van der Waals surface area contributed by atoms with Gasteiger partial charge in [0.2, 0.25) is 0 Å². The third-order valence-corrected chi connectivity index (χ3v) is 3.31. The first-order chi connectivity index (χ1) is 7.09. The van der Waals surface area contributed by atoms with Crippen molar-refractivity contribution in [3.63, 3.8) is 0 Å². The molecule has 0 radical (unpaired) electrons. The summed E-state index contributed by atoms with van der Waals surface area (Å²) in [5.74, 6) is 0.225. The Bertz CT molecular complexity index is 380. The summed E-state index contributed by atoms with van der Waals surface area (Å²) < 4.78 is 13.2. The van der Waals surface area contributed by atoms with Crippen LogP contribution in [0.3, 0.4) is 0 Å². The number of aryl methyl sites for hydroxylation is 1. The van der Waals surface area contributed by atoms with Gasteiger partial charge in [-0.1, -0.05) is 6.42 Å². The molecule has 0 spiro atoms. The fourth-order valence-corrected chi connectivity index (χ4v) is 2.07. The Kier molecular flexibility index (Phi) is 4.16. The lowest BCUT2D eigenvalue weighted by molar-refractivity contribution is 0.260. The average molecular weight is 246 g/mol. The fraction of sp³-hybridized carbons (Fsp3) is 0.500. The molecule has 4 heteroatoms. The van der Waals surface area contributed by atoms with Crippen LogP contribution in [0.2, 0.25) is 0 Å². The number of phenols is 1. The van der Waals surface area contributed by atoms with Crippen molar-refractivity contribution < 1.29 is 9.50 Å². The Morgan fingerprint density at radius 1 is 1.44 bits per heavy atom. The maximum Gasteiger partial charge on any atom is 0.124 e. The first-order valence-corrected chi connectivity index (χ1v) is 5.34. The summed E-state index contributed by atoms with van der Waals surface area (Å²) in [5.41, 5.74) is 7.12. The van der Waals surface area contributed by atoms with E-state index < -0.39 is 0 Å². The minimum absolute atomic E-state index is 0. The van der Waals surface area contributed by atoms with Crippen molar-refractivity contribution in [2.75, 3.05) is 0 Å². The van der Waals surface area contributed by atoms with Crippen LogP contribution in [0.15, 0.2) is 12.1 Å². The summed E-state index contributed by atoms with van der Waals surface area (Å²) >= 11 is 0. The van der Waals surface area contributed by atoms with Gasteiger partial charge in [0.05, 0.1) is 0 Å². The number of rotatable bonds is 2. The number of hydrogen-bond acceptors (Lipinski definition) is 2. The molecule has 16 heavy (non-hydrogen) atoms. The average Bonchev–Trinajstić information content (AvgIpc) is 2.08. The maximum atomic E-state index is 13.2. The second-order valence-corrected chi connectivity index (χ2v) is 4.38. The van der Waals surface area contributed by atoms with Gasteiger partial charge in [0, 0.05) is 11.6 Å². The van der Waals surface area contributed by atoms with Gasteiger partial charge < -0.3 is 10.8 Å². The van der Waals surface area contributed by atoms with Crippen molar-refractivity contribution >= 4 is 12.4 Å². The molecular formula is C12H17ClFNO. The SMILES string of the molecule is Cc1cc(F)cc([C@@H](N)C2CCC2)c1O.Cl. The van der Waals surface area contributed by atoms with E-state index in [-0.39, 0.29) is 30.0 Å². The summed E-state index contributed by atoms with van der Waals surface area (Å²) in [5, 5.41) is 9.81. The first kappa shape index (κ1) is 13.3. The van der Waals surface area contributed by atoms with Crippen molar-refractivity contribution in [3.8, 4) is 5.75 Å². The standard InChI is InChI=1S/C12H16FNO.ClH/c1-7-5-9(13)6-10(12(7)15)11(14)8-3-2-4-8;/h5-6,8,11,15H,2-4,14H2,1H3;1H/t11-;/m0./s1. The monoisotopic (exact) mass is 245 g/mol. The summed E-state index contributed by atoms with van der Waals surface area (Å²) in [6.07, 6.45) is 3.35. The Balaban J connectivity index is 0.00000128. The minimum Gasteiger partial charge on any atom is -0.507 e. The zero-order valence-corrected chi connectivity index (χ0v) is 10.1. The highest BCUT2D eigenvalue weighted by Crippen LogP contribution is 2.39. The molecule has 2 nitrogen and oxygen atoms in total. The second-order valence-electron chi connectivity index (χ2n) is 4.38. The summed E-state index contributed by atoms with van der Waals surface area (Å²) in [6, 6.07) is 2.45. The molecule has 1 fully saturated rings. The van der Waals surface area contributed by atoms with Gasteiger partial charge in [-0.3, -0.25) is 0 Å². The van der Waals surface area contributed by atoms with E-state index in [4.69, 9.17) is 5.73 Å². The third-order valence-electron chi connectivity index (χ3n) is 3.31. The van der Waals surface area contributed by atoms with Gasteiger partial charge in [0.15, 0.2) is 0 Å². The van der Waals surface area contributed by atoms with Crippen molar-refractivity contribution in [3.05, 3.63) is 29.1 Å². The van der Waals surface area contributed by atoms with E-state index >= 15 is 0 Å². The molecule has 1 aliphatic carbocycles. The Labute approximate surface area is 101 Å². The molecule has 0 bridgehead atoms. The van der Waals surface area contributed by atoms with Crippen LogP contribution in [0.1, 0.15) is 36.4 Å². The van der Waals surface area contributed by atoms with Gasteiger partial charge in [-0.25, -0.2) is 4.39 Å². The molecule has 1 aromatic rings. The highest BCUT2D eigenvalue weighted by Gasteiger charge is 2.27. The fourth-order valence-electron chi connectivity index (χ4n) is 2.07. The molecule has 0 amide bonds. The molecule has 1 aromatic carbocycles. The van der Waals surface area contributed by atoms with Crippen molar-refractivity contribution in [2.45, 2.75) is 32.2 Å². The number of nitrogens with two attached hydrogens (primary N) is 1. The van der Waals surface area contributed by atoms with Crippen LogP contribution < -0.4 is 5.73 Å². The van der Waals surface area contributed by atoms with E-state index in [9.17, 15) is 9.50 Å². The molecule has 1 atom stereocenters. The van der Waals surface area contributed by atoms with E-state index in [1.807, 2.05) is 0 Å². The van der Waals surface area contributed by atoms with Crippen molar-refractivity contribution in [1.29, 1.82) is 0 Å². The predicted molar refractivity (Wildman–Crippen MR) is 64.3 cm³/mol. The lowest BCUT2D eigenvalue weighted by Crippen LogP contribution is -2.27. The lowest BCUT2D eigenvalue weighted by atomic mass is 9.77. The van der Waals surface area contributed by atoms with Crippen LogP contribution in [-0.4, -0.2) is 5.11 Å². The highest BCUT2D eigenvalue weighted by atomic mass is 35.5. The van der Waals surface area contributed by atoms with Crippen LogP contribution in [0, 0.1) is 18.7 Å². The van der Waals surface area contributed by atoms with E-state index in [1.54, 1.807) is 6.92 Å². The van der Waals surface area contributed by atoms with Crippen molar-refractivity contribution in [1.82, 2.24) is 0 Å². The molecule has 0 saturated heterocycles. The molecule has 3 N–H and O–H groups in total. The Hall–Kier alpha value is -0.800. The summed E-state index contributed by atoms with van der Waals surface area (Å²) in [7, 11) is 0. The topological polar surface area (TPSA) is 46.2 Å². The summed E-state index contributed by atoms with van der Waals surface area (Å²) in [4.78, 5) is 0. The quantitative estimate of drug-likeness (QED) is 0.841. The van der Waals surface area contributed by atoms with Crippen molar-refractivity contribution in [2.24, 2.45) is 11.7 Å². The van der Waals surface area contributed by atoms with Crippen LogP contribution in [0.4, 0.5) is 4.39 Å². The third kappa shape index (κ3) is 2.30. The smallest absolute Gasteiger partial charge is 0.124 e. The largest absolute Gasteiger partial charge is 0.507 e. The van der Waals surface area contributed by atoms with E-state index in [2.05, 4.69) is 0 Å². The van der Waals surface area contributed by atoms with Crippen LogP contribution in [0.5, 0.6) is 5.75 Å². The van der Waals surface area contributed by atoms with Gasteiger partial charge >= 0.3 is 0 Å². The van der Waals surface area contributed by atoms with Crippen LogP contribution in [0.25, 0.3) is 0 Å². The number of benzene rings is 1. The zero-order chi connectivity index (χ0) is 11.0. The van der Waals surface area contributed by atoms with E-state index in [0.29, 0.717) is 17.0 Å². The lowest BCUT2D eigenvalue weighted by Gasteiger charge is -2.32. The number of aromatic hydroxyl groups is 1. The molecule has 0 unspecified atom stereocenters. The molecule has 0 aliphatic heterocycles. The summed E-state index contributed by atoms with van der Waals surface area (Å²) in [6.45, 7) is 1.69. The number of hydrogen-bond donors (Lipinski definition) is 2. The Morgan fingerprint density at radius 2 is 2.06 bits per heavy atom. The molecule has 90 valence electrons. The van der Waals surface area contributed by atoms with Gasteiger partial charge in [-0.2, -0.15) is 0 Å². The van der Waals surface area contributed by atoms with Gasteiger partial charge in [-0.05, 0) is 43.4 Å². The normalized spacial score (nSPS) is 17.4. The Morgan fingerprint density at radius 3 is 2.56 bits per heavy atom. The molecular weight excluding hydrogens is 229 g/mol. The van der Waals surface area contributed by atoms with E-state index in [0.717, 1.165) is 12.8 Å². The zero-order valence-electron chi connectivity index (χ0n) is 9.24.